The van der Waals surface area contributed by atoms with Crippen LogP contribution in [0.25, 0.3) is 0 Å². The Morgan fingerprint density at radius 2 is 2.00 bits per heavy atom. The molecule has 0 radical (unpaired) electrons. The molecule has 3 rings (SSSR count). The van der Waals surface area contributed by atoms with E-state index in [1.54, 1.807) is 4.68 Å². The minimum Gasteiger partial charge on any atom is -0.320 e. The first-order valence-electron chi connectivity index (χ1n) is 8.30. The van der Waals surface area contributed by atoms with Gasteiger partial charge < -0.3 is 4.90 Å². The lowest BCUT2D eigenvalue weighted by atomic mass is 9.84. The first-order chi connectivity index (χ1) is 11.3. The van der Waals surface area contributed by atoms with Gasteiger partial charge in [-0.05, 0) is 35.4 Å². The van der Waals surface area contributed by atoms with Gasteiger partial charge in [-0.3, -0.25) is 10.00 Å². The van der Waals surface area contributed by atoms with Gasteiger partial charge in [-0.2, -0.15) is 0 Å². The number of nitrogens with one attached hydrogen (secondary N) is 1. The van der Waals surface area contributed by atoms with Gasteiger partial charge in [0.1, 0.15) is 0 Å². The summed E-state index contributed by atoms with van der Waals surface area (Å²) in [6, 6.07) is 6.53. The van der Waals surface area contributed by atoms with E-state index in [1.165, 1.54) is 16.7 Å². The Balaban J connectivity index is 1.76. The summed E-state index contributed by atoms with van der Waals surface area (Å²) in [4.78, 5) is 14.4. The Kier molecular flexibility index (Phi) is 4.07. The molecule has 0 atom stereocenters. The molecular formula is C18H25N5O. The summed E-state index contributed by atoms with van der Waals surface area (Å²) < 4.78 is 1.65. The van der Waals surface area contributed by atoms with Crippen molar-refractivity contribution in [2.75, 3.05) is 11.9 Å². The number of aryl methyl sites for hydroxylation is 1. The van der Waals surface area contributed by atoms with Crippen molar-refractivity contribution < 1.29 is 4.79 Å². The molecule has 0 saturated carbocycles. The normalized spacial score (nSPS) is 14.5. The fraction of sp³-hybridized carbons (Fsp3) is 0.500. The Morgan fingerprint density at radius 1 is 1.25 bits per heavy atom. The highest BCUT2D eigenvalue weighted by molar-refractivity contribution is 5.88. The molecule has 0 fully saturated rings. The lowest BCUT2D eigenvalue weighted by molar-refractivity contribution is 0.206. The highest BCUT2D eigenvalue weighted by Gasteiger charge is 2.24. The number of hydrogen-bond donors (Lipinski definition) is 1. The number of anilines is 1. The molecule has 1 aromatic carbocycles. The predicted octanol–water partition coefficient (Wildman–Crippen LogP) is 3.01. The average Bonchev–Trinajstić information content (AvgIpc) is 2.85. The van der Waals surface area contributed by atoms with Crippen molar-refractivity contribution in [2.24, 2.45) is 7.05 Å². The number of benzene rings is 1. The second-order valence-corrected chi connectivity index (χ2v) is 7.48. The maximum Gasteiger partial charge on any atom is 0.323 e. The molecule has 0 spiro atoms. The molecule has 0 bridgehead atoms. The third kappa shape index (κ3) is 3.13. The molecule has 0 saturated heterocycles. The molecule has 1 aromatic heterocycles. The lowest BCUT2D eigenvalue weighted by Gasteiger charge is -2.30. The number of amides is 2. The van der Waals surface area contributed by atoms with Gasteiger partial charge in [-0.1, -0.05) is 44.2 Å². The van der Waals surface area contributed by atoms with Gasteiger partial charge in [-0.15, -0.1) is 5.10 Å². The van der Waals surface area contributed by atoms with Crippen LogP contribution < -0.4 is 5.32 Å². The van der Waals surface area contributed by atoms with E-state index in [2.05, 4.69) is 54.6 Å². The minimum atomic E-state index is -0.120. The zero-order valence-corrected chi connectivity index (χ0v) is 15.1. The van der Waals surface area contributed by atoms with Crippen molar-refractivity contribution in [3.05, 3.63) is 40.6 Å². The van der Waals surface area contributed by atoms with E-state index in [0.29, 0.717) is 18.9 Å². The molecule has 2 amide bonds. The van der Waals surface area contributed by atoms with Crippen LogP contribution in [0.5, 0.6) is 0 Å². The van der Waals surface area contributed by atoms with E-state index in [4.69, 9.17) is 0 Å². The van der Waals surface area contributed by atoms with E-state index in [-0.39, 0.29) is 11.4 Å². The van der Waals surface area contributed by atoms with Crippen LogP contribution in [0.4, 0.5) is 10.6 Å². The number of rotatable bonds is 1. The summed E-state index contributed by atoms with van der Waals surface area (Å²) in [5.41, 5.74) is 4.82. The van der Waals surface area contributed by atoms with Crippen molar-refractivity contribution in [1.29, 1.82) is 0 Å². The average molecular weight is 327 g/mol. The highest BCUT2D eigenvalue weighted by atomic mass is 16.2. The van der Waals surface area contributed by atoms with Crippen LogP contribution in [0.2, 0.25) is 0 Å². The van der Waals surface area contributed by atoms with E-state index in [0.717, 1.165) is 12.1 Å². The van der Waals surface area contributed by atoms with Crippen LogP contribution >= 0.6 is 0 Å². The predicted molar refractivity (Wildman–Crippen MR) is 94.0 cm³/mol. The maximum atomic E-state index is 12.6. The van der Waals surface area contributed by atoms with Gasteiger partial charge in [0.05, 0.1) is 5.69 Å². The van der Waals surface area contributed by atoms with E-state index in [9.17, 15) is 4.79 Å². The van der Waals surface area contributed by atoms with Crippen molar-refractivity contribution >= 4 is 11.8 Å². The first kappa shape index (κ1) is 16.5. The number of urea groups is 1. The molecular weight excluding hydrogens is 302 g/mol. The molecule has 24 heavy (non-hydrogen) atoms. The van der Waals surface area contributed by atoms with Crippen LogP contribution in [0.1, 0.15) is 43.2 Å². The molecule has 2 aromatic rings. The molecule has 6 heteroatoms. The Hall–Kier alpha value is -2.37. The third-order valence-electron chi connectivity index (χ3n) is 4.70. The molecule has 6 nitrogen and oxygen atoms in total. The van der Waals surface area contributed by atoms with Gasteiger partial charge in [0, 0.05) is 20.1 Å². The zero-order valence-electron chi connectivity index (χ0n) is 15.1. The van der Waals surface area contributed by atoms with Crippen molar-refractivity contribution in [3.63, 3.8) is 0 Å². The van der Waals surface area contributed by atoms with Gasteiger partial charge >= 0.3 is 6.03 Å². The van der Waals surface area contributed by atoms with Gasteiger partial charge in [-0.25, -0.2) is 4.79 Å². The minimum absolute atomic E-state index is 0.107. The molecule has 0 unspecified atom stereocenters. The highest BCUT2D eigenvalue weighted by Crippen LogP contribution is 2.27. The number of carbonyl (C=O) groups is 1. The van der Waals surface area contributed by atoms with Gasteiger partial charge in [0.25, 0.3) is 0 Å². The van der Waals surface area contributed by atoms with Crippen LogP contribution in [0.3, 0.4) is 0 Å². The molecule has 1 N–H and O–H groups in total. The molecule has 128 valence electrons. The van der Waals surface area contributed by atoms with Crippen LogP contribution in [-0.2, 0) is 25.4 Å². The molecule has 2 heterocycles. The Morgan fingerprint density at radius 3 is 2.62 bits per heavy atom. The van der Waals surface area contributed by atoms with Crippen molar-refractivity contribution in [2.45, 2.75) is 46.1 Å². The summed E-state index contributed by atoms with van der Waals surface area (Å²) in [5.74, 6) is 0.525. The van der Waals surface area contributed by atoms with Crippen LogP contribution in [0.15, 0.2) is 18.2 Å². The standard InChI is InChI=1S/C18H25N5O/c1-12-16(20-21-22(12)5)19-17(24)23-9-8-13-6-7-15(18(2,3)4)10-14(13)11-23/h6-7,10H,8-9,11H2,1-5H3,(H,19,24). The summed E-state index contributed by atoms with van der Waals surface area (Å²) in [7, 11) is 1.81. The number of carbonyl (C=O) groups excluding carboxylic acids is 1. The second-order valence-electron chi connectivity index (χ2n) is 7.48. The number of hydrogen-bond acceptors (Lipinski definition) is 3. The second kappa shape index (κ2) is 5.92. The van der Waals surface area contributed by atoms with Crippen LogP contribution in [0, 0.1) is 6.92 Å². The molecule has 0 aliphatic carbocycles. The van der Waals surface area contributed by atoms with Gasteiger partial charge in [0.2, 0.25) is 0 Å². The molecule has 1 aliphatic rings. The topological polar surface area (TPSA) is 63.1 Å². The van der Waals surface area contributed by atoms with E-state index in [1.807, 2.05) is 18.9 Å². The number of nitrogens with zero attached hydrogens (tertiary/aromatic N) is 4. The Bertz CT molecular complexity index is 772. The maximum absolute atomic E-state index is 12.6. The Labute approximate surface area is 142 Å². The number of aromatic nitrogens is 3. The zero-order chi connectivity index (χ0) is 17.5. The fourth-order valence-corrected chi connectivity index (χ4v) is 2.90. The third-order valence-corrected chi connectivity index (χ3v) is 4.70. The van der Waals surface area contributed by atoms with Crippen molar-refractivity contribution in [3.8, 4) is 0 Å². The van der Waals surface area contributed by atoms with Crippen LogP contribution in [-0.4, -0.2) is 32.5 Å². The largest absolute Gasteiger partial charge is 0.323 e. The number of fused-ring (bicyclic) bond motifs is 1. The van der Waals surface area contributed by atoms with Crippen molar-refractivity contribution in [1.82, 2.24) is 19.9 Å². The van der Waals surface area contributed by atoms with Gasteiger partial charge in [0.15, 0.2) is 5.82 Å². The summed E-state index contributed by atoms with van der Waals surface area (Å²) in [5, 5.41) is 10.8. The van der Waals surface area contributed by atoms with E-state index < -0.39 is 0 Å². The first-order valence-corrected chi connectivity index (χ1v) is 8.30. The summed E-state index contributed by atoms with van der Waals surface area (Å²) in [6.45, 7) is 9.85. The quantitative estimate of drug-likeness (QED) is 0.876. The lowest BCUT2D eigenvalue weighted by Crippen LogP contribution is -2.39. The summed E-state index contributed by atoms with van der Waals surface area (Å²) >= 11 is 0. The van der Waals surface area contributed by atoms with E-state index >= 15 is 0 Å². The molecule has 1 aliphatic heterocycles. The SMILES string of the molecule is Cc1c(NC(=O)N2CCc3ccc(C(C)(C)C)cc3C2)nnn1C. The summed E-state index contributed by atoms with van der Waals surface area (Å²) in [6.07, 6.45) is 0.882. The smallest absolute Gasteiger partial charge is 0.320 e. The monoisotopic (exact) mass is 327 g/mol. The fourth-order valence-electron chi connectivity index (χ4n) is 2.90.